The molecule has 4 nitrogen and oxygen atoms in total. The quantitative estimate of drug-likeness (QED) is 0.282. The fourth-order valence-corrected chi connectivity index (χ4v) is 1.76. The average Bonchev–Trinajstić information content (AvgIpc) is 2.44. The van der Waals surface area contributed by atoms with Crippen molar-refractivity contribution in [2.75, 3.05) is 7.05 Å². The van der Waals surface area contributed by atoms with Crippen LogP contribution in [0.15, 0.2) is 33.5 Å². The maximum atomic E-state index is 4.12. The Labute approximate surface area is 124 Å². The van der Waals surface area contributed by atoms with Crippen LogP contribution in [0.4, 0.5) is 0 Å². The summed E-state index contributed by atoms with van der Waals surface area (Å²) < 4.78 is 2.96. The third-order valence-electron chi connectivity index (χ3n) is 1.96. The predicted octanol–water partition coefficient (Wildman–Crippen LogP) is -2.09. The highest BCUT2D eigenvalue weighted by molar-refractivity contribution is 14.1. The molecule has 16 heavy (non-hydrogen) atoms. The van der Waals surface area contributed by atoms with Gasteiger partial charge in [-0.1, -0.05) is 4.98 Å². The molecule has 0 saturated heterocycles. The number of aliphatic imine (C=N–C) groups is 1. The Morgan fingerprint density at radius 3 is 3.00 bits per heavy atom. The van der Waals surface area contributed by atoms with Gasteiger partial charge in [0.1, 0.15) is 30.7 Å². The molecular weight excluding hydrogens is 430 g/mol. The number of H-pyrrole nitrogens is 1. The molecular formula is C10H9I2N4+. The first kappa shape index (κ1) is 13.5. The fourth-order valence-electron chi connectivity index (χ4n) is 1.19. The van der Waals surface area contributed by atoms with Crippen molar-refractivity contribution >= 4 is 40.2 Å². The summed E-state index contributed by atoms with van der Waals surface area (Å²) in [6.45, 7) is 0. The SMILES string of the molecule is C[N+]1=C=CN=CC(c2ccnc[nH+]2)=C1I.[I-]. The van der Waals surface area contributed by atoms with Gasteiger partial charge in [-0.2, -0.15) is 0 Å². The number of halogens is 2. The first-order valence-corrected chi connectivity index (χ1v) is 5.43. The lowest BCUT2D eigenvalue weighted by Gasteiger charge is -1.96. The molecule has 1 aromatic heterocycles. The zero-order valence-corrected chi connectivity index (χ0v) is 12.8. The highest BCUT2D eigenvalue weighted by Gasteiger charge is 2.17. The summed E-state index contributed by atoms with van der Waals surface area (Å²) in [7, 11) is 1.94. The van der Waals surface area contributed by atoms with E-state index in [4.69, 9.17) is 0 Å². The molecule has 0 fully saturated rings. The lowest BCUT2D eigenvalue weighted by atomic mass is 10.2. The van der Waals surface area contributed by atoms with E-state index in [2.05, 4.69) is 43.4 Å². The Hall–Kier alpha value is -0.600. The minimum Gasteiger partial charge on any atom is -1.00 e. The molecule has 0 atom stereocenters. The number of nitrogens with one attached hydrogen (secondary N) is 1. The zero-order valence-electron chi connectivity index (χ0n) is 8.48. The minimum atomic E-state index is 0. The van der Waals surface area contributed by atoms with Crippen molar-refractivity contribution < 1.29 is 33.5 Å². The summed E-state index contributed by atoms with van der Waals surface area (Å²) in [6, 6.07) is 1.92. The normalized spacial score (nSPS) is 14.2. The first-order valence-electron chi connectivity index (χ1n) is 4.35. The third kappa shape index (κ3) is 2.96. The number of rotatable bonds is 1. The molecule has 2 heterocycles. The third-order valence-corrected chi connectivity index (χ3v) is 3.26. The van der Waals surface area contributed by atoms with E-state index < -0.39 is 0 Å². The molecule has 6 heteroatoms. The molecule has 82 valence electrons. The van der Waals surface area contributed by atoms with E-state index in [0.29, 0.717) is 0 Å². The lowest BCUT2D eigenvalue weighted by Crippen LogP contribution is -3.00. The van der Waals surface area contributed by atoms with Gasteiger partial charge in [0.2, 0.25) is 0 Å². The van der Waals surface area contributed by atoms with Crippen LogP contribution in [0.3, 0.4) is 0 Å². The highest BCUT2D eigenvalue weighted by Crippen LogP contribution is 2.19. The van der Waals surface area contributed by atoms with Crippen LogP contribution in [0, 0.1) is 0 Å². The van der Waals surface area contributed by atoms with Crippen LogP contribution in [-0.4, -0.2) is 28.7 Å². The van der Waals surface area contributed by atoms with Crippen molar-refractivity contribution in [2.24, 2.45) is 4.99 Å². The van der Waals surface area contributed by atoms with E-state index in [0.717, 1.165) is 15.0 Å². The van der Waals surface area contributed by atoms with Crippen LogP contribution < -0.4 is 29.0 Å². The number of hydrogen-bond acceptors (Lipinski definition) is 2. The highest BCUT2D eigenvalue weighted by atomic mass is 127. The van der Waals surface area contributed by atoms with Crippen LogP contribution in [0.25, 0.3) is 5.57 Å². The second kappa shape index (κ2) is 6.21. The molecule has 0 spiro atoms. The van der Waals surface area contributed by atoms with Gasteiger partial charge in [-0.15, -0.1) is 4.58 Å². The van der Waals surface area contributed by atoms with Crippen molar-refractivity contribution in [1.82, 2.24) is 4.98 Å². The molecule has 1 aliphatic heterocycles. The number of hydrogen-bond donors (Lipinski definition) is 0. The van der Waals surface area contributed by atoms with Crippen molar-refractivity contribution in [3.8, 4) is 0 Å². The van der Waals surface area contributed by atoms with Crippen LogP contribution in [0.2, 0.25) is 0 Å². The molecule has 2 rings (SSSR count). The van der Waals surface area contributed by atoms with Gasteiger partial charge in [-0.25, -0.2) is 9.98 Å². The Kier molecular flexibility index (Phi) is 5.23. The largest absolute Gasteiger partial charge is 1.00 e. The molecule has 1 aliphatic rings. The Morgan fingerprint density at radius 2 is 2.31 bits per heavy atom. The first-order chi connectivity index (χ1) is 7.29. The molecule has 1 N–H and O–H groups in total. The van der Waals surface area contributed by atoms with Gasteiger partial charge in [-0.3, -0.25) is 0 Å². The Balaban J connectivity index is 0.00000128. The summed E-state index contributed by atoms with van der Waals surface area (Å²) in [5.41, 5.74) is 2.02. The topological polar surface area (TPSA) is 42.4 Å². The Morgan fingerprint density at radius 1 is 1.50 bits per heavy atom. The number of aromatic amines is 1. The lowest BCUT2D eigenvalue weighted by molar-refractivity contribution is -0.418. The van der Waals surface area contributed by atoms with Crippen LogP contribution in [0.5, 0.6) is 0 Å². The van der Waals surface area contributed by atoms with Gasteiger partial charge >= 0.3 is 0 Å². The molecule has 0 saturated carbocycles. The van der Waals surface area contributed by atoms with Crippen LogP contribution >= 0.6 is 22.6 Å². The van der Waals surface area contributed by atoms with Gasteiger partial charge in [0.05, 0.1) is 0 Å². The van der Waals surface area contributed by atoms with E-state index in [-0.39, 0.29) is 24.0 Å². The molecule has 0 bridgehead atoms. The average molecular weight is 439 g/mol. The molecule has 0 radical (unpaired) electrons. The maximum absolute atomic E-state index is 4.12. The van der Waals surface area contributed by atoms with E-state index in [1.54, 1.807) is 18.7 Å². The van der Waals surface area contributed by atoms with Crippen molar-refractivity contribution in [2.45, 2.75) is 0 Å². The summed E-state index contributed by atoms with van der Waals surface area (Å²) >= 11 is 2.26. The van der Waals surface area contributed by atoms with Crippen LogP contribution in [-0.2, 0) is 0 Å². The number of nitrogens with zero attached hydrogens (tertiary/aromatic N) is 3. The zero-order chi connectivity index (χ0) is 10.7. The van der Waals surface area contributed by atoms with Gasteiger partial charge in [0.15, 0.2) is 5.87 Å². The standard InChI is InChI=1S/C10H8IN4.HI/c1-15-5-4-12-6-8(10(15)11)9-2-3-13-7-14-9;/h2-4,6-7H,1H3;1H/q+1;. The molecule has 0 unspecified atom stereocenters. The second-order valence-electron chi connectivity index (χ2n) is 2.95. The monoisotopic (exact) mass is 439 g/mol. The van der Waals surface area contributed by atoms with E-state index in [9.17, 15) is 0 Å². The van der Waals surface area contributed by atoms with Crippen molar-refractivity contribution in [1.29, 1.82) is 0 Å². The maximum Gasteiger partial charge on any atom is 0.284 e. The van der Waals surface area contributed by atoms with Gasteiger partial charge in [0.25, 0.3) is 10.0 Å². The predicted molar refractivity (Wildman–Crippen MR) is 66.0 cm³/mol. The van der Waals surface area contributed by atoms with Gasteiger partial charge in [0, 0.05) is 34.9 Å². The van der Waals surface area contributed by atoms with Gasteiger partial charge < -0.3 is 24.0 Å². The summed E-state index contributed by atoms with van der Waals surface area (Å²) in [6.07, 6.45) is 6.86. The molecule has 0 aliphatic carbocycles. The summed E-state index contributed by atoms with van der Waals surface area (Å²) in [5.74, 6) is 3.01. The van der Waals surface area contributed by atoms with Gasteiger partial charge in [-0.05, 0) is 0 Å². The second-order valence-corrected chi connectivity index (χ2v) is 3.97. The molecule has 1 aromatic rings. The smallest absolute Gasteiger partial charge is 0.284 e. The van der Waals surface area contributed by atoms with E-state index in [1.807, 2.05) is 23.9 Å². The van der Waals surface area contributed by atoms with E-state index in [1.165, 1.54) is 0 Å². The fraction of sp³-hybridized carbons (Fsp3) is 0.100. The van der Waals surface area contributed by atoms with E-state index >= 15 is 0 Å². The molecule has 0 amide bonds. The minimum absolute atomic E-state index is 0. The number of aromatic nitrogens is 2. The summed E-state index contributed by atoms with van der Waals surface area (Å²) in [4.78, 5) is 11.2. The summed E-state index contributed by atoms with van der Waals surface area (Å²) in [5, 5.41) is 0. The number of allylic oxidation sites excluding steroid dienone is 1. The molecule has 0 aromatic carbocycles. The Bertz CT molecular complexity index is 499. The van der Waals surface area contributed by atoms with Crippen LogP contribution in [0.1, 0.15) is 5.69 Å². The van der Waals surface area contributed by atoms with Crippen molar-refractivity contribution in [3.63, 3.8) is 0 Å². The van der Waals surface area contributed by atoms with Crippen molar-refractivity contribution in [3.05, 3.63) is 34.2 Å².